The van der Waals surface area contributed by atoms with Gasteiger partial charge in [0.1, 0.15) is 6.33 Å². The van der Waals surface area contributed by atoms with Crippen molar-refractivity contribution >= 4 is 5.95 Å². The molecule has 5 heteroatoms. The number of hydrogen-bond acceptors (Lipinski definition) is 4. The number of aromatic nitrogens is 3. The van der Waals surface area contributed by atoms with Crippen LogP contribution in [-0.4, -0.2) is 14.5 Å². The molecular formula is C5H8N4O. The lowest BCUT2D eigenvalue weighted by molar-refractivity contribution is 0.678. The van der Waals surface area contributed by atoms with E-state index in [2.05, 4.69) is 9.97 Å². The molecule has 0 fully saturated rings. The Morgan fingerprint density at radius 1 is 1.80 bits per heavy atom. The second-order valence-electron chi connectivity index (χ2n) is 1.78. The summed E-state index contributed by atoms with van der Waals surface area (Å²) in [4.78, 5) is 17.9. The van der Waals surface area contributed by atoms with Gasteiger partial charge in [-0.2, -0.15) is 4.98 Å². The van der Waals surface area contributed by atoms with Crippen LogP contribution in [0.25, 0.3) is 0 Å². The average molecular weight is 140 g/mol. The topological polar surface area (TPSA) is 73.8 Å². The highest BCUT2D eigenvalue weighted by atomic mass is 16.1. The molecular weight excluding hydrogens is 132 g/mol. The molecule has 54 valence electrons. The molecule has 1 aromatic rings. The van der Waals surface area contributed by atoms with Gasteiger partial charge in [-0.3, -0.25) is 4.57 Å². The molecule has 0 aliphatic heterocycles. The Bertz CT molecular complexity index is 279. The number of anilines is 1. The lowest BCUT2D eigenvalue weighted by Crippen LogP contribution is -2.23. The summed E-state index contributed by atoms with van der Waals surface area (Å²) in [7, 11) is 0. The molecule has 0 amide bonds. The first-order chi connectivity index (χ1) is 4.74. The van der Waals surface area contributed by atoms with Crippen LogP contribution >= 0.6 is 0 Å². The summed E-state index contributed by atoms with van der Waals surface area (Å²) in [6.45, 7) is 2.40. The Labute approximate surface area is 57.5 Å². The second-order valence-corrected chi connectivity index (χ2v) is 1.78. The number of nitrogens with two attached hydrogens (primary N) is 1. The molecule has 0 aromatic carbocycles. The molecule has 10 heavy (non-hydrogen) atoms. The van der Waals surface area contributed by atoms with E-state index in [1.54, 1.807) is 0 Å². The SMILES string of the molecule is CCn1cnc(N)nc1=O. The van der Waals surface area contributed by atoms with Crippen LogP contribution in [0.4, 0.5) is 5.95 Å². The van der Waals surface area contributed by atoms with Crippen molar-refractivity contribution in [3.63, 3.8) is 0 Å². The zero-order valence-corrected chi connectivity index (χ0v) is 5.61. The van der Waals surface area contributed by atoms with E-state index in [0.29, 0.717) is 6.54 Å². The van der Waals surface area contributed by atoms with Gasteiger partial charge in [-0.15, -0.1) is 0 Å². The molecule has 0 aliphatic carbocycles. The van der Waals surface area contributed by atoms with Crippen LogP contribution in [0.1, 0.15) is 6.92 Å². The summed E-state index contributed by atoms with van der Waals surface area (Å²) >= 11 is 0. The van der Waals surface area contributed by atoms with Crippen molar-refractivity contribution in [1.82, 2.24) is 14.5 Å². The molecule has 0 radical (unpaired) electrons. The lowest BCUT2D eigenvalue weighted by atomic mass is 10.7. The Kier molecular flexibility index (Phi) is 1.66. The first-order valence-electron chi connectivity index (χ1n) is 2.93. The smallest absolute Gasteiger partial charge is 0.352 e. The van der Waals surface area contributed by atoms with Crippen molar-refractivity contribution in [2.45, 2.75) is 13.5 Å². The van der Waals surface area contributed by atoms with Gasteiger partial charge in [-0.05, 0) is 6.92 Å². The van der Waals surface area contributed by atoms with Crippen LogP contribution in [0.2, 0.25) is 0 Å². The van der Waals surface area contributed by atoms with Gasteiger partial charge in [-0.25, -0.2) is 9.78 Å². The van der Waals surface area contributed by atoms with Gasteiger partial charge in [0.25, 0.3) is 0 Å². The van der Waals surface area contributed by atoms with E-state index < -0.39 is 0 Å². The average Bonchev–Trinajstić information content (AvgIpc) is 1.88. The number of hydrogen-bond donors (Lipinski definition) is 1. The molecule has 0 unspecified atom stereocenters. The lowest BCUT2D eigenvalue weighted by Gasteiger charge is -1.96. The fourth-order valence-corrected chi connectivity index (χ4v) is 0.586. The fourth-order valence-electron chi connectivity index (χ4n) is 0.586. The van der Waals surface area contributed by atoms with Crippen LogP contribution in [0, 0.1) is 0 Å². The largest absolute Gasteiger partial charge is 0.368 e. The molecule has 5 nitrogen and oxygen atoms in total. The normalized spacial score (nSPS) is 9.70. The van der Waals surface area contributed by atoms with Crippen molar-refractivity contribution in [1.29, 1.82) is 0 Å². The van der Waals surface area contributed by atoms with E-state index in [0.717, 1.165) is 0 Å². The predicted molar refractivity (Wildman–Crippen MR) is 36.4 cm³/mol. The number of aryl methyl sites for hydroxylation is 1. The van der Waals surface area contributed by atoms with Gasteiger partial charge >= 0.3 is 5.69 Å². The van der Waals surface area contributed by atoms with Crippen LogP contribution < -0.4 is 11.4 Å². The standard InChI is InChI=1S/C5H8N4O/c1-2-9-3-7-4(6)8-5(9)10/h3H,2H2,1H3,(H2,6,8,10). The molecule has 1 aromatic heterocycles. The first-order valence-corrected chi connectivity index (χ1v) is 2.93. The van der Waals surface area contributed by atoms with Gasteiger partial charge in [0.2, 0.25) is 5.95 Å². The summed E-state index contributed by atoms with van der Waals surface area (Å²) in [5, 5.41) is 0. The second kappa shape index (κ2) is 2.47. The molecule has 0 saturated heterocycles. The van der Waals surface area contributed by atoms with Gasteiger partial charge < -0.3 is 5.73 Å². The van der Waals surface area contributed by atoms with Crippen LogP contribution in [0.3, 0.4) is 0 Å². The zero-order valence-electron chi connectivity index (χ0n) is 5.61. The maximum atomic E-state index is 10.8. The van der Waals surface area contributed by atoms with Gasteiger partial charge in [0.05, 0.1) is 0 Å². The maximum absolute atomic E-state index is 10.8. The van der Waals surface area contributed by atoms with Crippen LogP contribution in [0.5, 0.6) is 0 Å². The molecule has 0 atom stereocenters. The predicted octanol–water partition coefficient (Wildman–Crippen LogP) is -0.760. The molecule has 2 N–H and O–H groups in total. The monoisotopic (exact) mass is 140 g/mol. The third-order valence-electron chi connectivity index (χ3n) is 1.13. The Morgan fingerprint density at radius 3 is 3.00 bits per heavy atom. The van der Waals surface area contributed by atoms with Gasteiger partial charge in [0, 0.05) is 6.54 Å². The van der Waals surface area contributed by atoms with E-state index in [9.17, 15) is 4.79 Å². The van der Waals surface area contributed by atoms with Gasteiger partial charge in [-0.1, -0.05) is 0 Å². The Balaban J connectivity index is 3.20. The minimum absolute atomic E-state index is 0.0229. The van der Waals surface area contributed by atoms with E-state index >= 15 is 0 Å². The van der Waals surface area contributed by atoms with Gasteiger partial charge in [0.15, 0.2) is 0 Å². The molecule has 0 saturated carbocycles. The minimum atomic E-state index is -0.352. The highest BCUT2D eigenvalue weighted by Crippen LogP contribution is 1.80. The van der Waals surface area contributed by atoms with Crippen molar-refractivity contribution in [3.8, 4) is 0 Å². The minimum Gasteiger partial charge on any atom is -0.368 e. The van der Waals surface area contributed by atoms with E-state index in [-0.39, 0.29) is 11.6 Å². The Hall–Kier alpha value is -1.39. The fraction of sp³-hybridized carbons (Fsp3) is 0.400. The molecule has 0 bridgehead atoms. The summed E-state index contributed by atoms with van der Waals surface area (Å²) < 4.78 is 1.37. The number of nitrogen functional groups attached to an aromatic ring is 1. The van der Waals surface area contributed by atoms with Crippen molar-refractivity contribution in [2.24, 2.45) is 0 Å². The number of nitrogens with zero attached hydrogens (tertiary/aromatic N) is 3. The summed E-state index contributed by atoms with van der Waals surface area (Å²) in [5.41, 5.74) is 4.79. The van der Waals surface area contributed by atoms with E-state index in [1.807, 2.05) is 6.92 Å². The highest BCUT2D eigenvalue weighted by Gasteiger charge is 1.93. The maximum Gasteiger partial charge on any atom is 0.352 e. The zero-order chi connectivity index (χ0) is 7.56. The molecule has 1 rings (SSSR count). The Morgan fingerprint density at radius 2 is 2.50 bits per heavy atom. The number of rotatable bonds is 1. The third-order valence-corrected chi connectivity index (χ3v) is 1.13. The summed E-state index contributed by atoms with van der Waals surface area (Å²) in [6.07, 6.45) is 1.38. The van der Waals surface area contributed by atoms with Crippen molar-refractivity contribution in [2.75, 3.05) is 5.73 Å². The quantitative estimate of drug-likeness (QED) is 0.556. The molecule has 1 heterocycles. The van der Waals surface area contributed by atoms with E-state index in [4.69, 9.17) is 5.73 Å². The van der Waals surface area contributed by atoms with Crippen molar-refractivity contribution in [3.05, 3.63) is 16.8 Å². The van der Waals surface area contributed by atoms with E-state index in [1.165, 1.54) is 10.9 Å². The third kappa shape index (κ3) is 1.12. The van der Waals surface area contributed by atoms with Crippen LogP contribution in [-0.2, 0) is 6.54 Å². The van der Waals surface area contributed by atoms with Crippen molar-refractivity contribution < 1.29 is 0 Å². The highest BCUT2D eigenvalue weighted by molar-refractivity contribution is 5.09. The summed E-state index contributed by atoms with van der Waals surface area (Å²) in [6, 6.07) is 0. The molecule has 0 spiro atoms. The molecule has 0 aliphatic rings. The summed E-state index contributed by atoms with van der Waals surface area (Å²) in [5.74, 6) is 0.0229. The van der Waals surface area contributed by atoms with Crippen LogP contribution in [0.15, 0.2) is 11.1 Å². The first kappa shape index (κ1) is 6.73.